The van der Waals surface area contributed by atoms with Crippen LogP contribution in [0.5, 0.6) is 11.5 Å². The lowest BCUT2D eigenvalue weighted by molar-refractivity contribution is -0.110. The summed E-state index contributed by atoms with van der Waals surface area (Å²) in [7, 11) is 3.17. The Hall–Kier alpha value is -2.46. The molecule has 0 saturated carbocycles. The first-order valence-corrected chi connectivity index (χ1v) is 7.05. The summed E-state index contributed by atoms with van der Waals surface area (Å²) in [5.74, 6) is 1.17. The summed E-state index contributed by atoms with van der Waals surface area (Å²) in [6, 6.07) is 10.8. The first-order chi connectivity index (χ1) is 10.6. The SMILES string of the molecule is COc1ccc(/C=C2\C(=O)Nc3ccc(Cl)cc32)c(OC)c1. The molecule has 5 heteroatoms. The molecule has 112 valence electrons. The molecular formula is C17H14ClNO3. The number of carbonyl (C=O) groups excluding carboxylic acids is 1. The summed E-state index contributed by atoms with van der Waals surface area (Å²) >= 11 is 6.03. The number of anilines is 1. The summed E-state index contributed by atoms with van der Waals surface area (Å²) in [5, 5.41) is 3.41. The van der Waals surface area contributed by atoms with Gasteiger partial charge in [-0.2, -0.15) is 0 Å². The zero-order valence-corrected chi connectivity index (χ0v) is 12.9. The van der Waals surface area contributed by atoms with Gasteiger partial charge in [0.15, 0.2) is 0 Å². The number of hydrogen-bond donors (Lipinski definition) is 1. The topological polar surface area (TPSA) is 47.6 Å². The van der Waals surface area contributed by atoms with Gasteiger partial charge in [0.25, 0.3) is 5.91 Å². The summed E-state index contributed by atoms with van der Waals surface area (Å²) < 4.78 is 10.5. The van der Waals surface area contributed by atoms with Gasteiger partial charge >= 0.3 is 0 Å². The maximum Gasteiger partial charge on any atom is 0.256 e. The fourth-order valence-corrected chi connectivity index (χ4v) is 2.57. The van der Waals surface area contributed by atoms with Crippen LogP contribution in [0.1, 0.15) is 11.1 Å². The highest BCUT2D eigenvalue weighted by Gasteiger charge is 2.24. The van der Waals surface area contributed by atoms with Crippen LogP contribution in [0.15, 0.2) is 36.4 Å². The van der Waals surface area contributed by atoms with E-state index in [9.17, 15) is 4.79 Å². The van der Waals surface area contributed by atoms with E-state index in [1.54, 1.807) is 44.6 Å². The number of benzene rings is 2. The number of methoxy groups -OCH3 is 2. The highest BCUT2D eigenvalue weighted by molar-refractivity contribution is 6.36. The van der Waals surface area contributed by atoms with Crippen molar-refractivity contribution in [3.05, 3.63) is 52.5 Å². The molecule has 0 fully saturated rings. The third-order valence-electron chi connectivity index (χ3n) is 3.51. The van der Waals surface area contributed by atoms with Crippen molar-refractivity contribution in [3.8, 4) is 11.5 Å². The number of rotatable bonds is 3. The first kappa shape index (κ1) is 14.5. The van der Waals surface area contributed by atoms with Crippen molar-refractivity contribution in [1.29, 1.82) is 0 Å². The standard InChI is InChI=1S/C17H14ClNO3/c1-21-12-5-3-10(16(9-12)22-2)7-14-13-8-11(18)4-6-15(13)19-17(14)20/h3-9H,1-2H3,(H,19,20)/b14-7-. The molecule has 1 heterocycles. The van der Waals surface area contributed by atoms with E-state index in [2.05, 4.69) is 5.32 Å². The summed E-state index contributed by atoms with van der Waals surface area (Å²) in [6.45, 7) is 0. The van der Waals surface area contributed by atoms with Gasteiger partial charge < -0.3 is 14.8 Å². The van der Waals surface area contributed by atoms with Gasteiger partial charge in [-0.25, -0.2) is 0 Å². The molecule has 1 aliphatic rings. The predicted octanol–water partition coefficient (Wildman–Crippen LogP) is 3.85. The second-order valence-corrected chi connectivity index (χ2v) is 5.25. The molecule has 1 N–H and O–H groups in total. The van der Waals surface area contributed by atoms with Crippen LogP contribution in [0.4, 0.5) is 5.69 Å². The first-order valence-electron chi connectivity index (χ1n) is 6.67. The minimum Gasteiger partial charge on any atom is -0.497 e. The summed E-state index contributed by atoms with van der Waals surface area (Å²) in [6.07, 6.45) is 1.79. The average molecular weight is 316 g/mol. The number of fused-ring (bicyclic) bond motifs is 1. The molecule has 0 aromatic heterocycles. The predicted molar refractivity (Wildman–Crippen MR) is 87.5 cm³/mol. The number of amides is 1. The Morgan fingerprint density at radius 2 is 1.91 bits per heavy atom. The molecule has 0 bridgehead atoms. The van der Waals surface area contributed by atoms with Crippen LogP contribution in [0.2, 0.25) is 5.02 Å². The zero-order chi connectivity index (χ0) is 15.7. The van der Waals surface area contributed by atoms with Gasteiger partial charge in [-0.1, -0.05) is 11.6 Å². The van der Waals surface area contributed by atoms with Crippen molar-refractivity contribution < 1.29 is 14.3 Å². The summed E-state index contributed by atoms with van der Waals surface area (Å²) in [5.41, 5.74) is 2.89. The van der Waals surface area contributed by atoms with E-state index in [-0.39, 0.29) is 5.91 Å². The Kier molecular flexibility index (Phi) is 3.77. The monoisotopic (exact) mass is 315 g/mol. The van der Waals surface area contributed by atoms with E-state index in [4.69, 9.17) is 21.1 Å². The molecule has 2 aromatic carbocycles. The lowest BCUT2D eigenvalue weighted by Crippen LogP contribution is -2.03. The van der Waals surface area contributed by atoms with Crippen LogP contribution < -0.4 is 14.8 Å². The van der Waals surface area contributed by atoms with Gasteiger partial charge in [0.2, 0.25) is 0 Å². The smallest absolute Gasteiger partial charge is 0.256 e. The highest BCUT2D eigenvalue weighted by Crippen LogP contribution is 2.36. The third-order valence-corrected chi connectivity index (χ3v) is 3.74. The molecule has 2 aromatic rings. The van der Waals surface area contributed by atoms with Crippen LogP contribution in [0, 0.1) is 0 Å². The highest BCUT2D eigenvalue weighted by atomic mass is 35.5. The lowest BCUT2D eigenvalue weighted by atomic mass is 10.0. The van der Waals surface area contributed by atoms with Crippen LogP contribution >= 0.6 is 11.6 Å². The van der Waals surface area contributed by atoms with E-state index in [1.807, 2.05) is 12.1 Å². The van der Waals surface area contributed by atoms with E-state index < -0.39 is 0 Å². The number of ether oxygens (including phenoxy) is 2. The Morgan fingerprint density at radius 3 is 2.64 bits per heavy atom. The molecule has 0 spiro atoms. The number of halogens is 1. The molecule has 0 aliphatic carbocycles. The fraction of sp³-hybridized carbons (Fsp3) is 0.118. The van der Waals surface area contributed by atoms with Gasteiger partial charge in [-0.15, -0.1) is 0 Å². The Bertz CT molecular complexity index is 783. The third kappa shape index (κ3) is 2.53. The number of hydrogen-bond acceptors (Lipinski definition) is 3. The Balaban J connectivity index is 2.10. The van der Waals surface area contributed by atoms with Crippen molar-refractivity contribution in [2.24, 2.45) is 0 Å². The molecule has 1 amide bonds. The van der Waals surface area contributed by atoms with Gasteiger partial charge in [-0.05, 0) is 36.4 Å². The number of carbonyl (C=O) groups is 1. The van der Waals surface area contributed by atoms with Crippen LogP contribution in [-0.4, -0.2) is 20.1 Å². The lowest BCUT2D eigenvalue weighted by Gasteiger charge is -2.08. The quantitative estimate of drug-likeness (QED) is 0.875. The average Bonchev–Trinajstić information content (AvgIpc) is 2.83. The minimum atomic E-state index is -0.157. The molecule has 3 rings (SSSR count). The van der Waals surface area contributed by atoms with Gasteiger partial charge in [-0.3, -0.25) is 4.79 Å². The molecule has 4 nitrogen and oxygen atoms in total. The molecule has 0 unspecified atom stereocenters. The van der Waals surface area contributed by atoms with E-state index in [1.165, 1.54) is 0 Å². The minimum absolute atomic E-state index is 0.157. The van der Waals surface area contributed by atoms with Gasteiger partial charge in [0.1, 0.15) is 11.5 Å². The van der Waals surface area contributed by atoms with E-state index in [0.29, 0.717) is 22.1 Å². The van der Waals surface area contributed by atoms with Crippen molar-refractivity contribution in [1.82, 2.24) is 0 Å². The fourth-order valence-electron chi connectivity index (χ4n) is 2.40. The molecule has 22 heavy (non-hydrogen) atoms. The number of nitrogens with one attached hydrogen (secondary N) is 1. The van der Waals surface area contributed by atoms with Crippen LogP contribution in [-0.2, 0) is 4.79 Å². The van der Waals surface area contributed by atoms with Crippen LogP contribution in [0.3, 0.4) is 0 Å². The second kappa shape index (κ2) is 5.73. The van der Waals surface area contributed by atoms with Crippen molar-refractivity contribution in [3.63, 3.8) is 0 Å². The molecule has 0 atom stereocenters. The molecule has 0 radical (unpaired) electrons. The second-order valence-electron chi connectivity index (χ2n) is 4.81. The normalized spacial score (nSPS) is 14.7. The van der Waals surface area contributed by atoms with Crippen molar-refractivity contribution in [2.45, 2.75) is 0 Å². The Morgan fingerprint density at radius 1 is 1.09 bits per heavy atom. The molecule has 0 saturated heterocycles. The molecule has 1 aliphatic heterocycles. The molecular weight excluding hydrogens is 302 g/mol. The maximum atomic E-state index is 12.2. The van der Waals surface area contributed by atoms with Crippen LogP contribution in [0.25, 0.3) is 11.6 Å². The largest absolute Gasteiger partial charge is 0.497 e. The Labute approximate surface area is 133 Å². The zero-order valence-electron chi connectivity index (χ0n) is 12.1. The summed E-state index contributed by atoms with van der Waals surface area (Å²) in [4.78, 5) is 12.2. The van der Waals surface area contributed by atoms with Crippen molar-refractivity contribution in [2.75, 3.05) is 19.5 Å². The van der Waals surface area contributed by atoms with E-state index in [0.717, 1.165) is 16.8 Å². The maximum absolute atomic E-state index is 12.2. The van der Waals surface area contributed by atoms with Gasteiger partial charge in [0, 0.05) is 33.5 Å². The van der Waals surface area contributed by atoms with Gasteiger partial charge in [0.05, 0.1) is 14.2 Å². The van der Waals surface area contributed by atoms with Crippen molar-refractivity contribution >= 4 is 34.8 Å². The van der Waals surface area contributed by atoms with E-state index >= 15 is 0 Å².